The molecule has 1 atom stereocenters. The SMILES string of the molecule is Cc1cc(N2CC[C@@](C#N)(C3CC3)C2=O)cc(NC(=O)Cc2cc(F)cc(-c3cn(C)nn3)c2)n1. The normalized spacial score (nSPS) is 19.6. The lowest BCUT2D eigenvalue weighted by atomic mass is 9.83. The molecule has 2 amide bonds. The summed E-state index contributed by atoms with van der Waals surface area (Å²) in [6.07, 6.45) is 3.91. The first-order chi connectivity index (χ1) is 16.8. The van der Waals surface area contributed by atoms with Crippen molar-refractivity contribution < 1.29 is 14.0 Å². The average molecular weight is 474 g/mol. The van der Waals surface area contributed by atoms with Gasteiger partial charge in [0.2, 0.25) is 11.8 Å². The Hall–Kier alpha value is -4.13. The van der Waals surface area contributed by atoms with Crippen molar-refractivity contribution in [2.75, 3.05) is 16.8 Å². The van der Waals surface area contributed by atoms with Crippen LogP contribution in [0.15, 0.2) is 36.5 Å². The molecule has 10 heteroatoms. The number of benzene rings is 1. The van der Waals surface area contributed by atoms with E-state index in [2.05, 4.69) is 26.7 Å². The lowest BCUT2D eigenvalue weighted by Crippen LogP contribution is -2.35. The highest BCUT2D eigenvalue weighted by molar-refractivity contribution is 6.02. The third kappa shape index (κ3) is 4.37. The monoisotopic (exact) mass is 473 g/mol. The lowest BCUT2D eigenvalue weighted by molar-refractivity contribution is -0.123. The zero-order chi connectivity index (χ0) is 24.7. The van der Waals surface area contributed by atoms with Crippen molar-refractivity contribution in [2.24, 2.45) is 18.4 Å². The molecule has 1 saturated heterocycles. The molecule has 2 aromatic heterocycles. The van der Waals surface area contributed by atoms with Gasteiger partial charge in [0, 0.05) is 36.6 Å². The van der Waals surface area contributed by atoms with E-state index >= 15 is 0 Å². The van der Waals surface area contributed by atoms with Crippen molar-refractivity contribution in [3.8, 4) is 17.3 Å². The molecule has 1 aromatic carbocycles. The van der Waals surface area contributed by atoms with Crippen LogP contribution in [0.5, 0.6) is 0 Å². The molecule has 5 rings (SSSR count). The minimum atomic E-state index is -0.946. The number of amides is 2. The number of nitrogens with one attached hydrogen (secondary N) is 1. The zero-order valence-corrected chi connectivity index (χ0v) is 19.5. The number of pyridine rings is 1. The van der Waals surface area contributed by atoms with Crippen molar-refractivity contribution in [3.05, 3.63) is 53.6 Å². The quantitative estimate of drug-likeness (QED) is 0.588. The van der Waals surface area contributed by atoms with Crippen LogP contribution in [0, 0.1) is 35.4 Å². The maximum atomic E-state index is 14.2. The van der Waals surface area contributed by atoms with Crippen LogP contribution in [0.3, 0.4) is 0 Å². The number of nitrogens with zero attached hydrogens (tertiary/aromatic N) is 6. The van der Waals surface area contributed by atoms with Crippen LogP contribution >= 0.6 is 0 Å². The summed E-state index contributed by atoms with van der Waals surface area (Å²) in [5.41, 5.74) is 1.80. The third-order valence-corrected chi connectivity index (χ3v) is 6.57. The summed E-state index contributed by atoms with van der Waals surface area (Å²) in [5, 5.41) is 20.4. The van der Waals surface area contributed by atoms with E-state index in [-0.39, 0.29) is 24.2 Å². The molecule has 0 bridgehead atoms. The van der Waals surface area contributed by atoms with Crippen molar-refractivity contribution in [1.29, 1.82) is 5.26 Å². The Morgan fingerprint density at radius 3 is 2.77 bits per heavy atom. The number of aromatic nitrogens is 4. The molecule has 1 aliphatic heterocycles. The first kappa shape index (κ1) is 22.7. The molecule has 35 heavy (non-hydrogen) atoms. The summed E-state index contributed by atoms with van der Waals surface area (Å²) in [6.45, 7) is 2.23. The van der Waals surface area contributed by atoms with Gasteiger partial charge in [-0.05, 0) is 61.9 Å². The van der Waals surface area contributed by atoms with Crippen molar-refractivity contribution in [1.82, 2.24) is 20.0 Å². The number of hydrogen-bond acceptors (Lipinski definition) is 6. The summed E-state index contributed by atoms with van der Waals surface area (Å²) in [4.78, 5) is 31.9. The van der Waals surface area contributed by atoms with Gasteiger partial charge in [-0.25, -0.2) is 9.37 Å². The van der Waals surface area contributed by atoms with E-state index < -0.39 is 11.2 Å². The molecule has 0 spiro atoms. The predicted octanol–water partition coefficient (Wildman–Crippen LogP) is 3.16. The molecule has 0 radical (unpaired) electrons. The van der Waals surface area contributed by atoms with Crippen LogP contribution in [0.1, 0.15) is 30.5 Å². The van der Waals surface area contributed by atoms with Gasteiger partial charge in [-0.15, -0.1) is 5.10 Å². The number of aryl methyl sites for hydroxylation is 2. The lowest BCUT2D eigenvalue weighted by Gasteiger charge is -2.21. The van der Waals surface area contributed by atoms with Gasteiger partial charge in [0.1, 0.15) is 22.7 Å². The Bertz CT molecular complexity index is 1370. The molecule has 1 aliphatic carbocycles. The molecule has 2 aliphatic rings. The van der Waals surface area contributed by atoms with Crippen LogP contribution in [0.4, 0.5) is 15.9 Å². The predicted molar refractivity (Wildman–Crippen MR) is 125 cm³/mol. The number of anilines is 2. The molecule has 3 heterocycles. The molecule has 3 aromatic rings. The van der Waals surface area contributed by atoms with Gasteiger partial charge in [-0.3, -0.25) is 14.3 Å². The number of rotatable bonds is 6. The van der Waals surface area contributed by atoms with Gasteiger partial charge in [-0.2, -0.15) is 5.26 Å². The van der Waals surface area contributed by atoms with E-state index in [0.29, 0.717) is 47.0 Å². The molecular formula is C25H24FN7O2. The third-order valence-electron chi connectivity index (χ3n) is 6.57. The van der Waals surface area contributed by atoms with E-state index in [0.717, 1.165) is 12.8 Å². The Morgan fingerprint density at radius 2 is 2.09 bits per heavy atom. The summed E-state index contributed by atoms with van der Waals surface area (Å²) >= 11 is 0. The van der Waals surface area contributed by atoms with Crippen molar-refractivity contribution >= 4 is 23.3 Å². The fraction of sp³-hybridized carbons (Fsp3) is 0.360. The Balaban J connectivity index is 1.33. The Labute approximate surface area is 201 Å². The molecular weight excluding hydrogens is 449 g/mol. The van der Waals surface area contributed by atoms with Crippen molar-refractivity contribution in [2.45, 2.75) is 32.6 Å². The molecule has 178 valence electrons. The highest BCUT2D eigenvalue weighted by Gasteiger charge is 2.56. The summed E-state index contributed by atoms with van der Waals surface area (Å²) < 4.78 is 15.7. The minimum absolute atomic E-state index is 0.0716. The fourth-order valence-electron chi connectivity index (χ4n) is 4.76. The smallest absolute Gasteiger partial charge is 0.247 e. The summed E-state index contributed by atoms with van der Waals surface area (Å²) in [7, 11) is 1.72. The number of nitriles is 1. The summed E-state index contributed by atoms with van der Waals surface area (Å²) in [6, 6.07) is 10.0. The maximum absolute atomic E-state index is 14.2. The summed E-state index contributed by atoms with van der Waals surface area (Å²) in [5.74, 6) is -0.603. The Kier molecular flexibility index (Phi) is 5.55. The first-order valence-corrected chi connectivity index (χ1v) is 11.5. The number of hydrogen-bond donors (Lipinski definition) is 1. The first-order valence-electron chi connectivity index (χ1n) is 11.5. The van der Waals surface area contributed by atoms with Gasteiger partial charge in [0.25, 0.3) is 0 Å². The highest BCUT2D eigenvalue weighted by atomic mass is 19.1. The molecule has 1 N–H and O–H groups in total. The van der Waals surface area contributed by atoms with Crippen molar-refractivity contribution in [3.63, 3.8) is 0 Å². The molecule has 2 fully saturated rings. The molecule has 9 nitrogen and oxygen atoms in total. The zero-order valence-electron chi connectivity index (χ0n) is 19.5. The van der Waals surface area contributed by atoms with E-state index in [9.17, 15) is 19.2 Å². The van der Waals surface area contributed by atoms with Gasteiger partial charge in [0.05, 0.1) is 18.7 Å². The second kappa shape index (κ2) is 8.58. The van der Waals surface area contributed by atoms with Crippen LogP contribution < -0.4 is 10.2 Å². The molecule has 0 unspecified atom stereocenters. The number of halogens is 1. The van der Waals surface area contributed by atoms with E-state index in [1.54, 1.807) is 43.3 Å². The number of carbonyl (C=O) groups is 2. The van der Waals surface area contributed by atoms with Crippen LogP contribution in [-0.4, -0.2) is 38.3 Å². The maximum Gasteiger partial charge on any atom is 0.247 e. The van der Waals surface area contributed by atoms with Gasteiger partial charge in [-0.1, -0.05) is 5.21 Å². The standard InChI is InChI=1S/C25H24FN7O2/c1-15-7-20(33-6-5-25(14-27,24(33)35)18-3-4-18)12-22(28-15)29-23(34)10-16-8-17(11-19(26)9-16)21-13-32(2)31-30-21/h7-9,11-13,18H,3-6,10H2,1-2H3,(H,28,29,34)/t25-/m1/s1. The van der Waals surface area contributed by atoms with Gasteiger partial charge >= 0.3 is 0 Å². The second-order valence-corrected chi connectivity index (χ2v) is 9.27. The van der Waals surface area contributed by atoms with E-state index in [4.69, 9.17) is 0 Å². The van der Waals surface area contributed by atoms with Gasteiger partial charge in [0.15, 0.2) is 0 Å². The van der Waals surface area contributed by atoms with Gasteiger partial charge < -0.3 is 10.2 Å². The fourth-order valence-corrected chi connectivity index (χ4v) is 4.76. The minimum Gasteiger partial charge on any atom is -0.311 e. The highest BCUT2D eigenvalue weighted by Crippen LogP contribution is 2.52. The van der Waals surface area contributed by atoms with Crippen LogP contribution in [-0.2, 0) is 23.1 Å². The second-order valence-electron chi connectivity index (χ2n) is 9.27. The van der Waals surface area contributed by atoms with E-state index in [1.165, 1.54) is 16.8 Å². The van der Waals surface area contributed by atoms with Crippen LogP contribution in [0.2, 0.25) is 0 Å². The topological polar surface area (TPSA) is 117 Å². The molecule has 1 saturated carbocycles. The van der Waals surface area contributed by atoms with Crippen LogP contribution in [0.25, 0.3) is 11.3 Å². The van der Waals surface area contributed by atoms with E-state index in [1.807, 2.05) is 0 Å². The Morgan fingerprint density at radius 1 is 1.29 bits per heavy atom. The largest absolute Gasteiger partial charge is 0.311 e. The average Bonchev–Trinajstić information content (AvgIpc) is 3.47. The number of carbonyl (C=O) groups excluding carboxylic acids is 2.